The summed E-state index contributed by atoms with van der Waals surface area (Å²) >= 11 is 16.8. The molecule has 2 heterocycles. The molecule has 2 aromatic heterocycles. The van der Waals surface area contributed by atoms with E-state index >= 15 is 0 Å². The third kappa shape index (κ3) is 7.58. The fourth-order valence-electron chi connectivity index (χ4n) is 3.12. The molecule has 0 aliphatic rings. The van der Waals surface area contributed by atoms with Crippen LogP contribution in [0.15, 0.2) is 68.2 Å². The number of amides is 2. The van der Waals surface area contributed by atoms with Gasteiger partial charge in [-0.25, -0.2) is 9.00 Å². The van der Waals surface area contributed by atoms with E-state index in [1.54, 1.807) is 43.6 Å². The molecule has 2 aromatic carbocycles. The number of anilines is 2. The lowest BCUT2D eigenvalue weighted by molar-refractivity contribution is 0.257. The smallest absolute Gasteiger partial charge is 0.331 e. The maximum atomic E-state index is 13.1. The van der Waals surface area contributed by atoms with E-state index in [2.05, 4.69) is 31.3 Å². The molecular formula is C25H27BrCl2N4O3S2. The van der Waals surface area contributed by atoms with Crippen LogP contribution in [0.4, 0.5) is 16.2 Å². The van der Waals surface area contributed by atoms with Crippen LogP contribution in [0.5, 0.6) is 0 Å². The highest BCUT2D eigenvalue weighted by molar-refractivity contribution is 9.10. The van der Waals surface area contributed by atoms with Gasteiger partial charge in [0.1, 0.15) is 4.21 Å². The van der Waals surface area contributed by atoms with Crippen molar-refractivity contribution >= 4 is 89.6 Å². The van der Waals surface area contributed by atoms with Crippen molar-refractivity contribution in [1.29, 1.82) is 0 Å². The van der Waals surface area contributed by atoms with Gasteiger partial charge in [0, 0.05) is 34.5 Å². The summed E-state index contributed by atoms with van der Waals surface area (Å²) in [5.41, 5.74) is 1.47. The summed E-state index contributed by atoms with van der Waals surface area (Å²) in [4.78, 5) is 25.3. The Hall–Kier alpha value is -2.37. The molecule has 198 valence electrons. The Morgan fingerprint density at radius 2 is 1.73 bits per heavy atom. The number of aromatic nitrogens is 1. The average molecular weight is 646 g/mol. The first-order valence-corrected chi connectivity index (χ1v) is 14.9. The summed E-state index contributed by atoms with van der Waals surface area (Å²) in [7, 11) is 0.0622. The summed E-state index contributed by atoms with van der Waals surface area (Å²) in [6, 6.07) is 12.7. The zero-order valence-corrected chi connectivity index (χ0v) is 25.5. The predicted molar refractivity (Wildman–Crippen MR) is 162 cm³/mol. The van der Waals surface area contributed by atoms with E-state index in [1.807, 2.05) is 39.8 Å². The molecule has 7 nitrogen and oxygen atoms in total. The van der Waals surface area contributed by atoms with Gasteiger partial charge in [0.05, 0.1) is 15.0 Å². The molecule has 0 aliphatic carbocycles. The van der Waals surface area contributed by atoms with E-state index in [1.165, 1.54) is 10.6 Å². The number of carbonyl (C=O) groups is 1. The standard InChI is InChI=1S/C21H15BrCl2N4O3S2.2C2H6/c1-25-16-8-11-6-7-28(20(29)13(11)10-14(16)22)17-3-2-12(9-15(17)23)26-21(30)27-33(31)19-5-4-18(24)32-19;2*1-2/h2-10,25H,1H3,(H2,26,27,30);2*1-2H3. The van der Waals surface area contributed by atoms with Crippen molar-refractivity contribution in [2.45, 2.75) is 31.9 Å². The third-order valence-corrected chi connectivity index (χ3v) is 8.20. The van der Waals surface area contributed by atoms with Gasteiger partial charge in [-0.05, 0) is 69.8 Å². The Bertz CT molecular complexity index is 1470. The van der Waals surface area contributed by atoms with E-state index in [0.29, 0.717) is 25.3 Å². The third-order valence-electron chi connectivity index (χ3n) is 4.64. The minimum atomic E-state index is -1.74. The lowest BCUT2D eigenvalue weighted by Gasteiger charge is -2.13. The molecule has 3 N–H and O–H groups in total. The van der Waals surface area contributed by atoms with Gasteiger partial charge in [-0.1, -0.05) is 50.9 Å². The van der Waals surface area contributed by atoms with E-state index in [9.17, 15) is 13.8 Å². The number of nitrogens with one attached hydrogen (secondary N) is 3. The second kappa shape index (κ2) is 14.5. The van der Waals surface area contributed by atoms with Gasteiger partial charge >= 0.3 is 6.03 Å². The van der Waals surface area contributed by atoms with Crippen LogP contribution in [-0.2, 0) is 11.0 Å². The SMILES string of the molecule is CC.CC.CNc1cc2ccn(-c3ccc(NC(=O)NS(=O)c4ccc(Cl)s4)cc3Cl)c(=O)c2cc1Br. The second-order valence-corrected chi connectivity index (χ2v) is 11.1. The van der Waals surface area contributed by atoms with Crippen molar-refractivity contribution in [3.63, 3.8) is 0 Å². The van der Waals surface area contributed by atoms with Crippen LogP contribution >= 0.6 is 50.5 Å². The summed E-state index contributed by atoms with van der Waals surface area (Å²) < 4.78 is 17.6. The highest BCUT2D eigenvalue weighted by Gasteiger charge is 2.14. The maximum Gasteiger partial charge on any atom is 0.331 e. The van der Waals surface area contributed by atoms with Gasteiger partial charge in [0.2, 0.25) is 0 Å². The molecule has 0 spiro atoms. The maximum absolute atomic E-state index is 13.1. The van der Waals surface area contributed by atoms with Gasteiger partial charge in [0.15, 0.2) is 11.0 Å². The molecule has 0 fully saturated rings. The van der Waals surface area contributed by atoms with Crippen LogP contribution in [0.1, 0.15) is 27.7 Å². The monoisotopic (exact) mass is 644 g/mol. The van der Waals surface area contributed by atoms with E-state index in [-0.39, 0.29) is 10.6 Å². The normalized spacial score (nSPS) is 10.9. The average Bonchev–Trinajstić information content (AvgIpc) is 3.34. The summed E-state index contributed by atoms with van der Waals surface area (Å²) in [6.07, 6.45) is 1.65. The topological polar surface area (TPSA) is 92.2 Å². The second-order valence-electron chi connectivity index (χ2n) is 6.71. The predicted octanol–water partition coefficient (Wildman–Crippen LogP) is 8.06. The molecule has 4 aromatic rings. The van der Waals surface area contributed by atoms with Gasteiger partial charge in [-0.2, -0.15) is 0 Å². The van der Waals surface area contributed by atoms with Crippen LogP contribution in [-0.4, -0.2) is 21.9 Å². The van der Waals surface area contributed by atoms with E-state index in [4.69, 9.17) is 23.2 Å². The molecule has 0 saturated carbocycles. The molecule has 37 heavy (non-hydrogen) atoms. The number of halogens is 3. The van der Waals surface area contributed by atoms with Crippen molar-refractivity contribution in [2.24, 2.45) is 0 Å². The number of carbonyl (C=O) groups excluding carboxylic acids is 1. The molecule has 1 atom stereocenters. The number of rotatable bonds is 5. The number of pyridine rings is 1. The Balaban J connectivity index is 0.00000115. The van der Waals surface area contributed by atoms with Crippen molar-refractivity contribution in [1.82, 2.24) is 9.29 Å². The van der Waals surface area contributed by atoms with Crippen LogP contribution in [0, 0.1) is 0 Å². The molecule has 12 heteroatoms. The van der Waals surface area contributed by atoms with Crippen LogP contribution in [0.25, 0.3) is 16.5 Å². The lowest BCUT2D eigenvalue weighted by Crippen LogP contribution is -2.30. The first-order valence-electron chi connectivity index (χ1n) is 11.3. The van der Waals surface area contributed by atoms with Crippen molar-refractivity contribution in [3.05, 3.63) is 78.9 Å². The van der Waals surface area contributed by atoms with E-state index in [0.717, 1.165) is 26.9 Å². The summed E-state index contributed by atoms with van der Waals surface area (Å²) in [5, 5.41) is 7.21. The summed E-state index contributed by atoms with van der Waals surface area (Å²) in [5.74, 6) is 0. The number of benzene rings is 2. The molecule has 4 rings (SSSR count). The number of urea groups is 1. The number of hydrogen-bond acceptors (Lipinski definition) is 5. The number of nitrogens with zero attached hydrogens (tertiary/aromatic N) is 1. The molecule has 2 amide bonds. The Morgan fingerprint density at radius 3 is 2.32 bits per heavy atom. The minimum Gasteiger partial charge on any atom is -0.387 e. The minimum absolute atomic E-state index is 0.235. The number of thiophene rings is 1. The quantitative estimate of drug-likeness (QED) is 0.205. The molecule has 0 saturated heterocycles. The highest BCUT2D eigenvalue weighted by Crippen LogP contribution is 2.29. The van der Waals surface area contributed by atoms with E-state index < -0.39 is 17.0 Å². The summed E-state index contributed by atoms with van der Waals surface area (Å²) in [6.45, 7) is 8.00. The van der Waals surface area contributed by atoms with Gasteiger partial charge in [-0.3, -0.25) is 14.1 Å². The number of hydrogen-bond donors (Lipinski definition) is 3. The van der Waals surface area contributed by atoms with Crippen molar-refractivity contribution in [2.75, 3.05) is 17.7 Å². The Morgan fingerprint density at radius 1 is 1.03 bits per heavy atom. The zero-order valence-electron chi connectivity index (χ0n) is 20.8. The largest absolute Gasteiger partial charge is 0.387 e. The fourth-order valence-corrected chi connectivity index (χ4v) is 6.05. The Labute approximate surface area is 240 Å². The first-order chi connectivity index (χ1) is 17.8. The molecular weight excluding hydrogens is 619 g/mol. The van der Waals surface area contributed by atoms with Gasteiger partial charge < -0.3 is 10.6 Å². The van der Waals surface area contributed by atoms with Crippen molar-refractivity contribution in [3.8, 4) is 5.69 Å². The molecule has 0 bridgehead atoms. The molecule has 0 radical (unpaired) electrons. The molecule has 0 aliphatic heterocycles. The number of fused-ring (bicyclic) bond motifs is 1. The van der Waals surface area contributed by atoms with Crippen LogP contribution in [0.3, 0.4) is 0 Å². The first kappa shape index (κ1) is 30.9. The van der Waals surface area contributed by atoms with Gasteiger partial charge in [0.25, 0.3) is 5.56 Å². The highest BCUT2D eigenvalue weighted by atomic mass is 79.9. The van der Waals surface area contributed by atoms with Crippen molar-refractivity contribution < 1.29 is 9.00 Å². The lowest BCUT2D eigenvalue weighted by atomic mass is 10.1. The van der Waals surface area contributed by atoms with Crippen LogP contribution < -0.4 is 20.9 Å². The Kier molecular flexibility index (Phi) is 12.1. The molecule has 1 unspecified atom stereocenters. The van der Waals surface area contributed by atoms with Crippen LogP contribution in [0.2, 0.25) is 9.36 Å². The fraction of sp³-hybridized carbons (Fsp3) is 0.200. The van der Waals surface area contributed by atoms with Gasteiger partial charge in [-0.15, -0.1) is 11.3 Å². The zero-order chi connectivity index (χ0) is 27.7.